The maximum atomic E-state index is 14.1. The van der Waals surface area contributed by atoms with Crippen LogP contribution in [0.25, 0.3) is 10.2 Å². The van der Waals surface area contributed by atoms with Gasteiger partial charge >= 0.3 is 5.97 Å². The summed E-state index contributed by atoms with van der Waals surface area (Å²) in [6.07, 6.45) is 0. The van der Waals surface area contributed by atoms with Gasteiger partial charge in [-0.25, -0.2) is 4.39 Å². The molecule has 2 aromatic carbocycles. The monoisotopic (exact) mass is 422 g/mol. The molecule has 9 heteroatoms. The summed E-state index contributed by atoms with van der Waals surface area (Å²) in [5.74, 6) is -1.46. The van der Waals surface area contributed by atoms with Crippen molar-refractivity contribution in [2.24, 2.45) is 4.99 Å². The molecule has 0 N–H and O–H groups in total. The number of halogens is 2. The molecule has 146 valence electrons. The summed E-state index contributed by atoms with van der Waals surface area (Å²) in [6, 6.07) is 9.20. The first kappa shape index (κ1) is 20.0. The van der Waals surface area contributed by atoms with Crippen LogP contribution in [0.3, 0.4) is 0 Å². The van der Waals surface area contributed by atoms with E-state index in [1.165, 1.54) is 30.6 Å². The van der Waals surface area contributed by atoms with Crippen molar-refractivity contribution in [2.45, 2.75) is 13.5 Å². The smallest absolute Gasteiger partial charge is 0.326 e. The Balaban J connectivity index is 2.16. The van der Waals surface area contributed by atoms with Crippen molar-refractivity contribution < 1.29 is 23.5 Å². The van der Waals surface area contributed by atoms with Gasteiger partial charge in [-0.15, -0.1) is 0 Å². The van der Waals surface area contributed by atoms with Crippen molar-refractivity contribution in [2.75, 3.05) is 13.7 Å². The second kappa shape index (κ2) is 8.53. The molecule has 0 spiro atoms. The molecule has 0 aliphatic heterocycles. The average Bonchev–Trinajstić information content (AvgIpc) is 2.98. The van der Waals surface area contributed by atoms with Crippen LogP contribution in [0, 0.1) is 5.82 Å². The number of methoxy groups -OCH3 is 1. The highest BCUT2D eigenvalue weighted by Gasteiger charge is 2.17. The molecular weight excluding hydrogens is 407 g/mol. The highest BCUT2D eigenvalue weighted by molar-refractivity contribution is 7.16. The Morgan fingerprint density at radius 1 is 1.29 bits per heavy atom. The van der Waals surface area contributed by atoms with E-state index in [2.05, 4.69) is 4.99 Å². The van der Waals surface area contributed by atoms with Crippen molar-refractivity contribution in [3.63, 3.8) is 0 Å². The number of fused-ring (bicyclic) bond motifs is 1. The third-order valence-electron chi connectivity index (χ3n) is 3.86. The zero-order valence-corrected chi connectivity index (χ0v) is 16.6. The summed E-state index contributed by atoms with van der Waals surface area (Å²) < 4.78 is 26.6. The van der Waals surface area contributed by atoms with E-state index >= 15 is 0 Å². The first-order chi connectivity index (χ1) is 13.4. The van der Waals surface area contributed by atoms with Gasteiger partial charge in [-0.2, -0.15) is 4.99 Å². The number of hydrogen-bond donors (Lipinski definition) is 0. The number of carbonyl (C=O) groups excluding carboxylic acids is 2. The number of thiazole rings is 1. The predicted octanol–water partition coefficient (Wildman–Crippen LogP) is 3.81. The summed E-state index contributed by atoms with van der Waals surface area (Å²) in [5.41, 5.74) is 0.354. The average molecular weight is 423 g/mol. The van der Waals surface area contributed by atoms with Crippen LogP contribution < -0.4 is 9.54 Å². The minimum atomic E-state index is -0.834. The van der Waals surface area contributed by atoms with Crippen LogP contribution in [0.4, 0.5) is 4.39 Å². The molecule has 0 saturated carbocycles. The van der Waals surface area contributed by atoms with Crippen LogP contribution in [0.2, 0.25) is 5.02 Å². The zero-order valence-electron chi connectivity index (χ0n) is 15.1. The normalized spacial score (nSPS) is 11.6. The number of hydrogen-bond acceptors (Lipinski definition) is 5. The van der Waals surface area contributed by atoms with Gasteiger partial charge in [-0.05, 0) is 37.3 Å². The van der Waals surface area contributed by atoms with E-state index in [1.807, 2.05) is 0 Å². The van der Waals surface area contributed by atoms with Crippen LogP contribution in [0.15, 0.2) is 41.4 Å². The van der Waals surface area contributed by atoms with Crippen LogP contribution >= 0.6 is 22.9 Å². The molecule has 1 aromatic heterocycles. The Hall–Kier alpha value is -2.71. The Bertz CT molecular complexity index is 1100. The third kappa shape index (κ3) is 4.07. The fourth-order valence-electron chi connectivity index (χ4n) is 2.60. The summed E-state index contributed by atoms with van der Waals surface area (Å²) in [5, 5.41) is -0.0338. The fraction of sp³-hybridized carbons (Fsp3) is 0.211. The van der Waals surface area contributed by atoms with Gasteiger partial charge in [-0.1, -0.05) is 29.0 Å². The largest absolute Gasteiger partial charge is 0.497 e. The summed E-state index contributed by atoms with van der Waals surface area (Å²) in [4.78, 5) is 28.9. The van der Waals surface area contributed by atoms with Crippen LogP contribution in [0.1, 0.15) is 17.3 Å². The van der Waals surface area contributed by atoms with Gasteiger partial charge in [0.05, 0.1) is 34.5 Å². The number of benzene rings is 2. The van der Waals surface area contributed by atoms with Crippen molar-refractivity contribution in [1.29, 1.82) is 0 Å². The van der Waals surface area contributed by atoms with E-state index in [-0.39, 0.29) is 28.5 Å². The lowest BCUT2D eigenvalue weighted by molar-refractivity contribution is -0.143. The number of rotatable bonds is 5. The van der Waals surface area contributed by atoms with E-state index < -0.39 is 17.7 Å². The highest BCUT2D eigenvalue weighted by atomic mass is 35.5. The lowest BCUT2D eigenvalue weighted by atomic mass is 10.2. The molecule has 28 heavy (non-hydrogen) atoms. The number of carbonyl (C=O) groups is 2. The van der Waals surface area contributed by atoms with Gasteiger partial charge in [0.2, 0.25) is 0 Å². The number of ether oxygens (including phenoxy) is 2. The van der Waals surface area contributed by atoms with E-state index in [1.54, 1.807) is 29.7 Å². The second-order valence-corrected chi connectivity index (χ2v) is 7.04. The van der Waals surface area contributed by atoms with Crippen LogP contribution in [0.5, 0.6) is 5.75 Å². The molecule has 6 nitrogen and oxygen atoms in total. The van der Waals surface area contributed by atoms with Crippen molar-refractivity contribution >= 4 is 45.0 Å². The van der Waals surface area contributed by atoms with E-state index in [0.717, 1.165) is 10.8 Å². The van der Waals surface area contributed by atoms with E-state index in [4.69, 9.17) is 21.1 Å². The molecule has 0 atom stereocenters. The van der Waals surface area contributed by atoms with Crippen LogP contribution in [-0.4, -0.2) is 30.2 Å². The lowest BCUT2D eigenvalue weighted by Crippen LogP contribution is -2.23. The Kier molecular flexibility index (Phi) is 6.11. The summed E-state index contributed by atoms with van der Waals surface area (Å²) in [7, 11) is 1.54. The number of aromatic nitrogens is 1. The number of amides is 1. The topological polar surface area (TPSA) is 69.9 Å². The minimum absolute atomic E-state index is 0.0338. The Morgan fingerprint density at radius 3 is 2.75 bits per heavy atom. The molecule has 3 rings (SSSR count). The Labute approximate surface area is 168 Å². The van der Waals surface area contributed by atoms with Crippen molar-refractivity contribution in [1.82, 2.24) is 4.57 Å². The molecule has 1 heterocycles. The maximum Gasteiger partial charge on any atom is 0.326 e. The molecule has 3 aromatic rings. The van der Waals surface area contributed by atoms with Gasteiger partial charge in [0.1, 0.15) is 18.1 Å². The second-order valence-electron chi connectivity index (χ2n) is 5.62. The van der Waals surface area contributed by atoms with Gasteiger partial charge in [-0.3, -0.25) is 9.59 Å². The lowest BCUT2D eigenvalue weighted by Gasteiger charge is -2.06. The first-order valence-corrected chi connectivity index (χ1v) is 9.50. The van der Waals surface area contributed by atoms with E-state index in [0.29, 0.717) is 11.3 Å². The predicted molar refractivity (Wildman–Crippen MR) is 104 cm³/mol. The van der Waals surface area contributed by atoms with Crippen molar-refractivity contribution in [3.05, 3.63) is 57.6 Å². The molecule has 1 amide bonds. The quantitative estimate of drug-likeness (QED) is 0.586. The Morgan fingerprint density at radius 2 is 2.07 bits per heavy atom. The maximum absolute atomic E-state index is 14.1. The van der Waals surface area contributed by atoms with Gasteiger partial charge in [0.15, 0.2) is 4.80 Å². The van der Waals surface area contributed by atoms with Gasteiger partial charge in [0, 0.05) is 0 Å². The molecule has 0 bridgehead atoms. The summed E-state index contributed by atoms with van der Waals surface area (Å²) >= 11 is 7.13. The van der Waals surface area contributed by atoms with E-state index in [9.17, 15) is 14.0 Å². The first-order valence-electron chi connectivity index (χ1n) is 8.30. The molecule has 0 saturated heterocycles. The molecule has 0 fully saturated rings. The minimum Gasteiger partial charge on any atom is -0.497 e. The number of nitrogens with zero attached hydrogens (tertiary/aromatic N) is 2. The zero-order chi connectivity index (χ0) is 20.3. The SMILES string of the molecule is CCOC(=O)Cn1c(=NC(=O)c2c(F)cccc2Cl)sc2cc(OC)ccc21. The molecule has 0 unspecified atom stereocenters. The number of esters is 1. The third-order valence-corrected chi connectivity index (χ3v) is 5.21. The molecule has 0 aliphatic rings. The molecule has 0 radical (unpaired) electrons. The standard InChI is InChI=1S/C19H16ClFN2O4S/c1-3-27-16(24)10-23-14-8-7-11(26-2)9-15(14)28-19(23)22-18(25)17-12(20)5-4-6-13(17)21/h4-9H,3,10H2,1-2H3. The molecule has 0 aliphatic carbocycles. The summed E-state index contributed by atoms with van der Waals surface area (Å²) in [6.45, 7) is 1.79. The molecular formula is C19H16ClFN2O4S. The fourth-order valence-corrected chi connectivity index (χ4v) is 3.90. The van der Waals surface area contributed by atoms with Gasteiger partial charge in [0.25, 0.3) is 5.91 Å². The highest BCUT2D eigenvalue weighted by Crippen LogP contribution is 2.24. The van der Waals surface area contributed by atoms with Gasteiger partial charge < -0.3 is 14.0 Å². The van der Waals surface area contributed by atoms with Crippen LogP contribution in [-0.2, 0) is 16.1 Å². The van der Waals surface area contributed by atoms with Crippen molar-refractivity contribution in [3.8, 4) is 5.75 Å².